The number of fused-ring (bicyclic) bond motifs is 2. The maximum atomic E-state index is 9.21. The Morgan fingerprint density at radius 2 is 1.49 bits per heavy atom. The number of methoxy groups -OCH3 is 2. The second kappa shape index (κ2) is 12.3. The fraction of sp³-hybridized carbons (Fsp3) is 0.325. The second-order valence-electron chi connectivity index (χ2n) is 13.3. The highest BCUT2D eigenvalue weighted by molar-refractivity contribution is 6.03. The van der Waals surface area contributed by atoms with Gasteiger partial charge in [0.1, 0.15) is 29.6 Å². The quantitative estimate of drug-likeness (QED) is 0.184. The van der Waals surface area contributed by atoms with E-state index in [4.69, 9.17) is 14.2 Å². The summed E-state index contributed by atoms with van der Waals surface area (Å²) in [6.45, 7) is 12.1. The van der Waals surface area contributed by atoms with Crippen LogP contribution in [0.1, 0.15) is 58.6 Å². The van der Waals surface area contributed by atoms with Crippen molar-refractivity contribution in [2.24, 2.45) is 0 Å². The minimum atomic E-state index is -0.197. The van der Waals surface area contributed by atoms with E-state index in [1.54, 1.807) is 26.4 Å². The van der Waals surface area contributed by atoms with E-state index in [0.29, 0.717) is 11.4 Å². The molecule has 0 bridgehead atoms. The first-order valence-electron chi connectivity index (χ1n) is 16.2. The number of diazo groups is 1. The molecular weight excluding hydrogens is 584 g/mol. The molecule has 6 rings (SSSR count). The van der Waals surface area contributed by atoms with Crippen LogP contribution in [0.2, 0.25) is 0 Å². The van der Waals surface area contributed by atoms with Crippen molar-refractivity contribution in [3.8, 4) is 17.2 Å². The fourth-order valence-electron chi connectivity index (χ4n) is 7.27. The third kappa shape index (κ3) is 5.52. The summed E-state index contributed by atoms with van der Waals surface area (Å²) in [6, 6.07) is 19.8. The molecule has 0 fully saturated rings. The SMILES string of the molecule is CC[N+]1=C(/C=C/C2=C(Oc3ccc([N+]#N)cc3)C(=C/C=C3/N(C)c4ccc(OC)cc4C3(C)C)/CC2)C(C)(C)c2cc(OC)ccc21. The molecule has 47 heavy (non-hydrogen) atoms. The lowest BCUT2D eigenvalue weighted by Crippen LogP contribution is -2.27. The molecular formula is C40H44N4O3+2. The number of ether oxygens (including phenoxy) is 3. The minimum Gasteiger partial charge on any atom is -0.497 e. The maximum Gasteiger partial charge on any atom is 0.385 e. The molecule has 0 atom stereocenters. The van der Waals surface area contributed by atoms with E-state index in [1.165, 1.54) is 33.9 Å². The summed E-state index contributed by atoms with van der Waals surface area (Å²) in [7, 11) is 5.55. The van der Waals surface area contributed by atoms with Crippen molar-refractivity contribution in [2.75, 3.05) is 32.7 Å². The van der Waals surface area contributed by atoms with E-state index in [2.05, 4.69) is 105 Å². The lowest BCUT2D eigenvalue weighted by molar-refractivity contribution is -0.433. The highest BCUT2D eigenvalue weighted by Crippen LogP contribution is 2.48. The van der Waals surface area contributed by atoms with Crippen LogP contribution in [0.3, 0.4) is 0 Å². The molecule has 0 saturated carbocycles. The van der Waals surface area contributed by atoms with Crippen LogP contribution in [0.5, 0.6) is 17.2 Å². The van der Waals surface area contributed by atoms with E-state index < -0.39 is 0 Å². The number of allylic oxidation sites excluding steroid dienone is 7. The van der Waals surface area contributed by atoms with E-state index in [0.717, 1.165) is 47.8 Å². The molecule has 240 valence electrons. The van der Waals surface area contributed by atoms with E-state index in [9.17, 15) is 5.39 Å². The number of hydrogen-bond acceptors (Lipinski definition) is 5. The van der Waals surface area contributed by atoms with Crippen LogP contribution in [0.4, 0.5) is 17.1 Å². The zero-order chi connectivity index (χ0) is 33.5. The average molecular weight is 629 g/mol. The van der Waals surface area contributed by atoms with Gasteiger partial charge in [-0.25, -0.2) is 0 Å². The summed E-state index contributed by atoms with van der Waals surface area (Å²) in [6.07, 6.45) is 10.7. The van der Waals surface area contributed by atoms with Gasteiger partial charge in [0.05, 0.1) is 19.6 Å². The van der Waals surface area contributed by atoms with Crippen LogP contribution in [0.25, 0.3) is 4.98 Å². The lowest BCUT2D eigenvalue weighted by Gasteiger charge is -2.24. The summed E-state index contributed by atoms with van der Waals surface area (Å²) < 4.78 is 20.2. The Bertz CT molecular complexity index is 1930. The third-order valence-electron chi connectivity index (χ3n) is 9.96. The van der Waals surface area contributed by atoms with Gasteiger partial charge >= 0.3 is 5.69 Å². The molecule has 0 spiro atoms. The van der Waals surface area contributed by atoms with Gasteiger partial charge in [0.2, 0.25) is 11.1 Å². The van der Waals surface area contributed by atoms with Crippen LogP contribution in [-0.2, 0) is 10.8 Å². The van der Waals surface area contributed by atoms with Crippen LogP contribution in [0, 0.1) is 5.39 Å². The maximum absolute atomic E-state index is 9.21. The Kier molecular flexibility index (Phi) is 8.31. The zero-order valence-electron chi connectivity index (χ0n) is 28.7. The third-order valence-corrected chi connectivity index (χ3v) is 9.96. The van der Waals surface area contributed by atoms with E-state index in [1.807, 2.05) is 24.3 Å². The van der Waals surface area contributed by atoms with E-state index in [-0.39, 0.29) is 10.8 Å². The van der Waals surface area contributed by atoms with Crippen molar-refractivity contribution in [3.05, 3.63) is 124 Å². The molecule has 0 radical (unpaired) electrons. The van der Waals surface area contributed by atoms with Gasteiger partial charge < -0.3 is 19.1 Å². The Morgan fingerprint density at radius 3 is 2.15 bits per heavy atom. The van der Waals surface area contributed by atoms with Crippen LogP contribution in [-0.4, -0.2) is 38.1 Å². The van der Waals surface area contributed by atoms with Crippen molar-refractivity contribution in [3.63, 3.8) is 0 Å². The standard InChI is InChI=1S/C40H44N4O3/c1-9-44-35-21-19-31(46-8)25-33(35)40(4,5)37(44)23-13-27-11-10-26(38(27)47-29-16-14-28(42-41)15-17-29)12-22-36-39(2,3)32-24-30(45-7)18-20-34(32)43(36)6/h12-25H,9-11H2,1-8H3/q+2. The topological polar surface area (TPSA) is 62.1 Å². The molecule has 3 aliphatic rings. The number of anilines is 1. The number of likely N-dealkylation sites (N-methyl/N-ethyl adjacent to an activating group) is 1. The van der Waals surface area contributed by atoms with E-state index >= 15 is 0 Å². The Morgan fingerprint density at radius 1 is 0.830 bits per heavy atom. The molecule has 1 aliphatic carbocycles. The molecule has 0 unspecified atom stereocenters. The summed E-state index contributed by atoms with van der Waals surface area (Å²) in [5, 5.41) is 9.21. The van der Waals surface area contributed by atoms with Crippen molar-refractivity contribution < 1.29 is 18.8 Å². The predicted octanol–water partition coefficient (Wildman–Crippen LogP) is 9.51. The molecule has 0 saturated heterocycles. The Balaban J connectivity index is 1.40. The number of benzene rings is 3. The lowest BCUT2D eigenvalue weighted by atomic mass is 9.81. The Hall–Kier alpha value is -5.09. The van der Waals surface area contributed by atoms with Crippen molar-refractivity contribution in [1.29, 1.82) is 5.39 Å². The number of rotatable bonds is 8. The first-order valence-corrected chi connectivity index (χ1v) is 16.2. The molecule has 0 amide bonds. The van der Waals surface area contributed by atoms with Crippen molar-refractivity contribution >= 4 is 22.8 Å². The highest BCUT2D eigenvalue weighted by atomic mass is 16.5. The summed E-state index contributed by atoms with van der Waals surface area (Å²) in [5.41, 5.74) is 9.74. The summed E-state index contributed by atoms with van der Waals surface area (Å²) in [4.78, 5) is 5.57. The molecule has 3 aromatic rings. The van der Waals surface area contributed by atoms with Gasteiger partial charge in [-0.3, -0.25) is 0 Å². The van der Waals surface area contributed by atoms with Gasteiger partial charge in [-0.1, -0.05) is 19.9 Å². The summed E-state index contributed by atoms with van der Waals surface area (Å²) in [5.74, 6) is 3.29. The fourth-order valence-corrected chi connectivity index (χ4v) is 7.27. The molecule has 7 heteroatoms. The first kappa shape index (κ1) is 31.9. The zero-order valence-corrected chi connectivity index (χ0v) is 28.7. The predicted molar refractivity (Wildman–Crippen MR) is 189 cm³/mol. The highest BCUT2D eigenvalue weighted by Gasteiger charge is 2.44. The van der Waals surface area contributed by atoms with Crippen molar-refractivity contribution in [2.45, 2.75) is 58.3 Å². The van der Waals surface area contributed by atoms with Gasteiger partial charge in [-0.05, 0) is 105 Å². The normalized spacial score (nSPS) is 19.5. The van der Waals surface area contributed by atoms with Gasteiger partial charge in [-0.15, -0.1) is 0 Å². The van der Waals surface area contributed by atoms with Gasteiger partial charge in [0.25, 0.3) is 0 Å². The average Bonchev–Trinajstić information content (AvgIpc) is 3.62. The minimum absolute atomic E-state index is 0.195. The Labute approximate surface area is 278 Å². The second-order valence-corrected chi connectivity index (χ2v) is 13.3. The number of nitrogens with zero attached hydrogens (tertiary/aromatic N) is 4. The van der Waals surface area contributed by atoms with Gasteiger partial charge in [0.15, 0.2) is 10.7 Å². The smallest absolute Gasteiger partial charge is 0.385 e. The molecule has 7 nitrogen and oxygen atoms in total. The molecule has 2 aliphatic heterocycles. The van der Waals surface area contributed by atoms with Crippen LogP contribution < -0.4 is 19.1 Å². The molecule has 2 heterocycles. The van der Waals surface area contributed by atoms with Crippen molar-refractivity contribution in [1.82, 2.24) is 0 Å². The largest absolute Gasteiger partial charge is 0.497 e. The van der Waals surface area contributed by atoms with Crippen LogP contribution >= 0.6 is 0 Å². The molecule has 0 N–H and O–H groups in total. The monoisotopic (exact) mass is 628 g/mol. The number of hydrogen-bond donors (Lipinski definition) is 0. The molecule has 3 aromatic carbocycles. The molecule has 0 aromatic heterocycles. The van der Waals surface area contributed by atoms with Gasteiger partial charge in [0, 0.05) is 53.7 Å². The van der Waals surface area contributed by atoms with Crippen LogP contribution in [0.15, 0.2) is 108 Å². The first-order chi connectivity index (χ1) is 22.5. The summed E-state index contributed by atoms with van der Waals surface area (Å²) >= 11 is 0. The van der Waals surface area contributed by atoms with Gasteiger partial charge in [-0.2, -0.15) is 4.58 Å².